The van der Waals surface area contributed by atoms with Crippen molar-refractivity contribution in [2.24, 2.45) is 12.8 Å². The smallest absolute Gasteiger partial charge is 0.271 e. The minimum atomic E-state index is -0.751. The molecule has 3 aromatic heterocycles. The van der Waals surface area contributed by atoms with Gasteiger partial charge in [-0.2, -0.15) is 0 Å². The van der Waals surface area contributed by atoms with Crippen LogP contribution in [0.1, 0.15) is 10.5 Å². The average Bonchev–Trinajstić information content (AvgIpc) is 3.03. The molecule has 0 spiro atoms. The summed E-state index contributed by atoms with van der Waals surface area (Å²) in [6, 6.07) is 6.81. The van der Waals surface area contributed by atoms with Crippen molar-refractivity contribution in [3.63, 3.8) is 0 Å². The second kappa shape index (κ2) is 5.65. The van der Waals surface area contributed by atoms with Crippen LogP contribution < -0.4 is 17.0 Å². The fourth-order valence-corrected chi connectivity index (χ4v) is 2.86. The first-order chi connectivity index (χ1) is 11.0. The zero-order valence-electron chi connectivity index (χ0n) is 12.2. The molecule has 0 aromatic carbocycles. The molecule has 0 aliphatic carbocycles. The number of nitrogens with zero attached hydrogens (tertiary/aromatic N) is 3. The Kier molecular flexibility index (Phi) is 3.67. The van der Waals surface area contributed by atoms with Crippen LogP contribution in [0.25, 0.3) is 21.8 Å². The zero-order valence-corrected chi connectivity index (χ0v) is 13.0. The summed E-state index contributed by atoms with van der Waals surface area (Å²) in [6.45, 7) is 0. The van der Waals surface area contributed by atoms with Crippen LogP contribution in [-0.2, 0) is 7.05 Å². The second-order valence-electron chi connectivity index (χ2n) is 4.86. The number of carbonyl (C=O) groups is 1. The molecule has 0 fully saturated rings. The van der Waals surface area contributed by atoms with Gasteiger partial charge in [-0.3, -0.25) is 9.59 Å². The number of carbonyl (C=O) groups excluding carboxylic acids is 1. The Bertz CT molecular complexity index is 947. The molecule has 0 radical (unpaired) electrons. The molecule has 23 heavy (non-hydrogen) atoms. The van der Waals surface area contributed by atoms with E-state index in [9.17, 15) is 9.59 Å². The minimum absolute atomic E-state index is 0.0190. The molecule has 3 rings (SSSR count). The van der Waals surface area contributed by atoms with Crippen molar-refractivity contribution in [3.05, 3.63) is 51.9 Å². The molecule has 0 aliphatic rings. The van der Waals surface area contributed by atoms with Crippen LogP contribution in [0, 0.1) is 0 Å². The van der Waals surface area contributed by atoms with Gasteiger partial charge in [-0.1, -0.05) is 6.07 Å². The van der Waals surface area contributed by atoms with E-state index in [2.05, 4.69) is 9.97 Å². The lowest BCUT2D eigenvalue weighted by atomic mass is 10.1. The van der Waals surface area contributed by atoms with Crippen LogP contribution >= 0.6 is 11.3 Å². The average molecular weight is 327 g/mol. The van der Waals surface area contributed by atoms with Crippen molar-refractivity contribution in [2.75, 3.05) is 5.73 Å². The number of amides is 1. The number of hydrogen-bond donors (Lipinski definition) is 2. The number of nitrogen functional groups attached to an aromatic ring is 1. The topological polar surface area (TPSA) is 117 Å². The molecule has 0 saturated carbocycles. The molecular weight excluding hydrogens is 314 g/mol. The number of thiophene rings is 1. The van der Waals surface area contributed by atoms with Crippen molar-refractivity contribution in [1.82, 2.24) is 14.5 Å². The Morgan fingerprint density at radius 3 is 2.61 bits per heavy atom. The number of hydrogen-bond acceptors (Lipinski definition) is 6. The van der Waals surface area contributed by atoms with Crippen LogP contribution in [0.15, 0.2) is 40.6 Å². The van der Waals surface area contributed by atoms with Crippen molar-refractivity contribution >= 4 is 23.1 Å². The van der Waals surface area contributed by atoms with Crippen LogP contribution in [-0.4, -0.2) is 20.4 Å². The summed E-state index contributed by atoms with van der Waals surface area (Å²) in [5, 5.41) is 1.90. The number of aromatic nitrogens is 3. The highest BCUT2D eigenvalue weighted by atomic mass is 32.1. The van der Waals surface area contributed by atoms with Crippen molar-refractivity contribution in [2.45, 2.75) is 0 Å². The van der Waals surface area contributed by atoms with E-state index in [1.165, 1.54) is 22.0 Å². The molecule has 4 N–H and O–H groups in total. The number of rotatable bonds is 3. The van der Waals surface area contributed by atoms with E-state index >= 15 is 0 Å². The molecule has 7 nitrogen and oxygen atoms in total. The van der Waals surface area contributed by atoms with Gasteiger partial charge < -0.3 is 16.0 Å². The quantitative estimate of drug-likeness (QED) is 0.751. The molecule has 1 amide bonds. The summed E-state index contributed by atoms with van der Waals surface area (Å²) in [5.41, 5.74) is 12.5. The fraction of sp³-hybridized carbons (Fsp3) is 0.0667. The maximum atomic E-state index is 11.6. The van der Waals surface area contributed by atoms with Crippen molar-refractivity contribution in [1.29, 1.82) is 0 Å². The third-order valence-corrected chi connectivity index (χ3v) is 4.15. The van der Waals surface area contributed by atoms with E-state index < -0.39 is 5.91 Å². The van der Waals surface area contributed by atoms with Gasteiger partial charge in [-0.05, 0) is 17.5 Å². The normalized spacial score (nSPS) is 10.7. The third kappa shape index (κ3) is 2.71. The van der Waals surface area contributed by atoms with E-state index in [0.717, 1.165) is 4.88 Å². The molecule has 0 aliphatic heterocycles. The van der Waals surface area contributed by atoms with Crippen LogP contribution in [0.4, 0.5) is 5.82 Å². The largest absolute Gasteiger partial charge is 0.382 e. The molecule has 0 atom stereocenters. The molecule has 0 saturated heterocycles. The van der Waals surface area contributed by atoms with E-state index in [4.69, 9.17) is 11.5 Å². The maximum absolute atomic E-state index is 11.6. The van der Waals surface area contributed by atoms with Crippen LogP contribution in [0.2, 0.25) is 0 Å². The summed E-state index contributed by atoms with van der Waals surface area (Å²) in [6.07, 6.45) is 1.63. The number of pyridine rings is 1. The van der Waals surface area contributed by atoms with Gasteiger partial charge in [-0.25, -0.2) is 9.97 Å². The first-order valence-electron chi connectivity index (χ1n) is 6.65. The van der Waals surface area contributed by atoms with Crippen LogP contribution in [0.5, 0.6) is 0 Å². The lowest BCUT2D eigenvalue weighted by Gasteiger charge is -2.11. The maximum Gasteiger partial charge on any atom is 0.271 e. The summed E-state index contributed by atoms with van der Waals surface area (Å²) in [4.78, 5) is 32.5. The first kappa shape index (κ1) is 14.9. The minimum Gasteiger partial charge on any atom is -0.382 e. The van der Waals surface area contributed by atoms with Crippen molar-refractivity contribution < 1.29 is 4.79 Å². The molecule has 3 heterocycles. The van der Waals surface area contributed by atoms with Gasteiger partial charge in [-0.15, -0.1) is 11.3 Å². The molecule has 116 valence electrons. The summed E-state index contributed by atoms with van der Waals surface area (Å²) in [7, 11) is 1.64. The van der Waals surface area contributed by atoms with Crippen LogP contribution in [0.3, 0.4) is 0 Å². The number of anilines is 1. The van der Waals surface area contributed by atoms with Gasteiger partial charge in [0.15, 0.2) is 11.5 Å². The van der Waals surface area contributed by atoms with E-state index in [1.54, 1.807) is 19.3 Å². The first-order valence-corrected chi connectivity index (χ1v) is 7.53. The SMILES string of the molecule is Cn1cc(-c2nc(C(N)=O)c(N)nc2-c2cccs2)ccc1=O. The highest BCUT2D eigenvalue weighted by Crippen LogP contribution is 2.32. The van der Waals surface area contributed by atoms with E-state index in [-0.39, 0.29) is 17.1 Å². The predicted octanol–water partition coefficient (Wildman–Crippen LogP) is 1.25. The Hall–Kier alpha value is -3.00. The second-order valence-corrected chi connectivity index (χ2v) is 5.81. The van der Waals surface area contributed by atoms with Gasteiger partial charge in [0.05, 0.1) is 10.6 Å². The molecule has 3 aromatic rings. The van der Waals surface area contributed by atoms with E-state index in [0.29, 0.717) is 17.0 Å². The third-order valence-electron chi connectivity index (χ3n) is 3.27. The van der Waals surface area contributed by atoms with Gasteiger partial charge in [0.2, 0.25) is 5.56 Å². The predicted molar refractivity (Wildman–Crippen MR) is 89.0 cm³/mol. The van der Waals surface area contributed by atoms with Gasteiger partial charge in [0.25, 0.3) is 5.91 Å². The highest BCUT2D eigenvalue weighted by molar-refractivity contribution is 7.13. The summed E-state index contributed by atoms with van der Waals surface area (Å²) >= 11 is 1.47. The Labute approximate surface area is 135 Å². The summed E-state index contributed by atoms with van der Waals surface area (Å²) in [5.74, 6) is -0.770. The molecule has 8 heteroatoms. The lowest BCUT2D eigenvalue weighted by Crippen LogP contribution is -2.18. The fourth-order valence-electron chi connectivity index (χ4n) is 2.15. The van der Waals surface area contributed by atoms with Gasteiger partial charge in [0.1, 0.15) is 5.69 Å². The van der Waals surface area contributed by atoms with E-state index in [1.807, 2.05) is 17.5 Å². The Morgan fingerprint density at radius 2 is 2.00 bits per heavy atom. The number of primary amides is 1. The monoisotopic (exact) mass is 327 g/mol. The Morgan fingerprint density at radius 1 is 1.22 bits per heavy atom. The molecular formula is C15H13N5O2S. The number of nitrogens with two attached hydrogens (primary N) is 2. The molecule has 0 unspecified atom stereocenters. The molecule has 0 bridgehead atoms. The Balaban J connectivity index is 2.31. The number of aryl methyl sites for hydroxylation is 1. The van der Waals surface area contributed by atoms with Gasteiger partial charge in [0, 0.05) is 24.9 Å². The lowest BCUT2D eigenvalue weighted by molar-refractivity contribution is 0.0996. The summed E-state index contributed by atoms with van der Waals surface area (Å²) < 4.78 is 1.43. The van der Waals surface area contributed by atoms with Gasteiger partial charge >= 0.3 is 0 Å². The van der Waals surface area contributed by atoms with Crippen molar-refractivity contribution in [3.8, 4) is 21.8 Å². The standard InChI is InChI=1S/C15H13N5O2S/c1-20-7-8(4-5-10(20)21)11-12(9-3-2-6-23-9)19-14(16)13(18-11)15(17)22/h2-7H,1H3,(H2,16,19)(H2,17,22). The highest BCUT2D eigenvalue weighted by Gasteiger charge is 2.19. The zero-order chi connectivity index (χ0) is 16.6.